The lowest BCUT2D eigenvalue weighted by Gasteiger charge is -2.26. The molecule has 0 saturated carbocycles. The molecule has 1 heterocycles. The molecule has 1 aromatic heterocycles. The van der Waals surface area contributed by atoms with Gasteiger partial charge in [0.15, 0.2) is 0 Å². The molecule has 0 spiro atoms. The van der Waals surface area contributed by atoms with Crippen LogP contribution in [0.3, 0.4) is 0 Å². The van der Waals surface area contributed by atoms with Gasteiger partial charge >= 0.3 is 6.18 Å². The molecule has 0 saturated heterocycles. The van der Waals surface area contributed by atoms with E-state index in [0.717, 1.165) is 0 Å². The van der Waals surface area contributed by atoms with Gasteiger partial charge < -0.3 is 10.6 Å². The maximum absolute atomic E-state index is 12.3. The predicted octanol–water partition coefficient (Wildman–Crippen LogP) is 1.06. The molecule has 1 rings (SSSR count). The number of nitrogen functional groups attached to an aromatic ring is 1. The minimum atomic E-state index is -4.49. The number of rotatable bonds is 3. The molecule has 0 radical (unpaired) electrons. The molecule has 0 aromatic carbocycles. The number of halogens is 3. The third kappa shape index (κ3) is 3.33. The highest BCUT2D eigenvalue weighted by Crippen LogP contribution is 2.20. The first-order valence-electron chi connectivity index (χ1n) is 4.68. The highest BCUT2D eigenvalue weighted by molar-refractivity contribution is 5.96. The van der Waals surface area contributed by atoms with E-state index in [1.54, 1.807) is 0 Å². The van der Waals surface area contributed by atoms with Crippen molar-refractivity contribution in [1.82, 2.24) is 15.2 Å². The van der Waals surface area contributed by atoms with Gasteiger partial charge in [0, 0.05) is 6.04 Å². The summed E-state index contributed by atoms with van der Waals surface area (Å²) >= 11 is 0. The number of anilines is 1. The molecule has 2 N–H and O–H groups in total. The van der Waals surface area contributed by atoms with Gasteiger partial charge in [0.25, 0.3) is 5.91 Å². The Hall–Kier alpha value is -1.80. The minimum Gasteiger partial charge on any atom is -0.379 e. The maximum atomic E-state index is 12.3. The Morgan fingerprint density at radius 2 is 2.06 bits per heavy atom. The van der Waals surface area contributed by atoms with Crippen LogP contribution in [0.4, 0.5) is 19.0 Å². The van der Waals surface area contributed by atoms with Crippen LogP contribution in [0, 0.1) is 0 Å². The first-order valence-corrected chi connectivity index (χ1v) is 4.68. The summed E-state index contributed by atoms with van der Waals surface area (Å²) in [5, 5.41) is 6.32. The van der Waals surface area contributed by atoms with Gasteiger partial charge in [0.1, 0.15) is 6.54 Å². The van der Waals surface area contributed by atoms with Crippen LogP contribution in [-0.4, -0.2) is 39.9 Å². The van der Waals surface area contributed by atoms with Crippen LogP contribution in [0.25, 0.3) is 0 Å². The van der Waals surface area contributed by atoms with E-state index in [1.807, 2.05) is 0 Å². The lowest BCUT2D eigenvalue weighted by atomic mass is 10.2. The number of hydrogen-bond acceptors (Lipinski definition) is 5. The summed E-state index contributed by atoms with van der Waals surface area (Å²) in [5.41, 5.74) is 4.83. The lowest BCUT2D eigenvalue weighted by molar-refractivity contribution is -0.143. The molecule has 96 valence electrons. The van der Waals surface area contributed by atoms with Crippen LogP contribution >= 0.6 is 0 Å². The van der Waals surface area contributed by atoms with Crippen molar-refractivity contribution in [1.29, 1.82) is 0 Å². The van der Waals surface area contributed by atoms with Gasteiger partial charge in [-0.15, -0.1) is 0 Å². The Bertz CT molecular complexity index is 402. The minimum absolute atomic E-state index is 0.331. The molecule has 0 aliphatic heterocycles. The van der Waals surface area contributed by atoms with Crippen LogP contribution in [0.2, 0.25) is 0 Å². The molecule has 0 atom stereocenters. The lowest BCUT2D eigenvalue weighted by Crippen LogP contribution is -2.43. The van der Waals surface area contributed by atoms with E-state index in [0.29, 0.717) is 4.90 Å². The van der Waals surface area contributed by atoms with Gasteiger partial charge in [0.05, 0.1) is 0 Å². The Morgan fingerprint density at radius 1 is 1.47 bits per heavy atom. The molecule has 1 aromatic rings. The van der Waals surface area contributed by atoms with Gasteiger partial charge in [-0.25, -0.2) is 4.63 Å². The van der Waals surface area contributed by atoms with Crippen molar-refractivity contribution in [2.45, 2.75) is 26.1 Å². The molecule has 17 heavy (non-hydrogen) atoms. The number of carbonyl (C=O) groups is 1. The van der Waals surface area contributed by atoms with Crippen molar-refractivity contribution < 1.29 is 22.6 Å². The van der Waals surface area contributed by atoms with Crippen molar-refractivity contribution in [2.24, 2.45) is 0 Å². The summed E-state index contributed by atoms with van der Waals surface area (Å²) in [6, 6.07) is -0.653. The zero-order valence-electron chi connectivity index (χ0n) is 9.15. The molecular weight excluding hydrogens is 241 g/mol. The largest absolute Gasteiger partial charge is 0.406 e. The van der Waals surface area contributed by atoms with Crippen molar-refractivity contribution in [3.63, 3.8) is 0 Å². The number of amides is 1. The number of nitrogens with zero attached hydrogens (tertiary/aromatic N) is 3. The van der Waals surface area contributed by atoms with E-state index in [2.05, 4.69) is 14.9 Å². The van der Waals surface area contributed by atoms with E-state index >= 15 is 0 Å². The highest BCUT2D eigenvalue weighted by atomic mass is 19.4. The van der Waals surface area contributed by atoms with Gasteiger partial charge in [-0.3, -0.25) is 4.79 Å². The zero-order chi connectivity index (χ0) is 13.2. The predicted molar refractivity (Wildman–Crippen MR) is 50.9 cm³/mol. The molecule has 1 amide bonds. The summed E-state index contributed by atoms with van der Waals surface area (Å²) in [7, 11) is 0. The molecule has 0 aliphatic rings. The number of carbonyl (C=O) groups excluding carboxylic acids is 1. The zero-order valence-corrected chi connectivity index (χ0v) is 9.15. The quantitative estimate of drug-likeness (QED) is 0.869. The average Bonchev–Trinajstić information content (AvgIpc) is 2.58. The number of alkyl halides is 3. The van der Waals surface area contributed by atoms with Gasteiger partial charge in [-0.2, -0.15) is 13.2 Å². The van der Waals surface area contributed by atoms with Gasteiger partial charge in [-0.1, -0.05) is 0 Å². The normalized spacial score (nSPS) is 11.9. The Kier molecular flexibility index (Phi) is 3.59. The van der Waals surface area contributed by atoms with Crippen molar-refractivity contribution in [3.8, 4) is 0 Å². The van der Waals surface area contributed by atoms with Gasteiger partial charge in [-0.05, 0) is 24.2 Å². The smallest absolute Gasteiger partial charge is 0.379 e. The summed E-state index contributed by atoms with van der Waals surface area (Å²) < 4.78 is 41.0. The summed E-state index contributed by atoms with van der Waals surface area (Å²) in [4.78, 5) is 12.3. The monoisotopic (exact) mass is 252 g/mol. The van der Waals surface area contributed by atoms with E-state index in [-0.39, 0.29) is 5.82 Å². The second kappa shape index (κ2) is 4.60. The maximum Gasteiger partial charge on any atom is 0.406 e. The van der Waals surface area contributed by atoms with E-state index in [4.69, 9.17) is 5.73 Å². The highest BCUT2D eigenvalue weighted by Gasteiger charge is 2.36. The third-order valence-electron chi connectivity index (χ3n) is 1.95. The molecule has 0 unspecified atom stereocenters. The molecule has 0 fully saturated rings. The number of nitrogens with two attached hydrogens (primary N) is 1. The summed E-state index contributed by atoms with van der Waals surface area (Å²) in [5.74, 6) is -1.29. The average molecular weight is 252 g/mol. The number of aromatic nitrogens is 2. The van der Waals surface area contributed by atoms with Crippen molar-refractivity contribution >= 4 is 11.7 Å². The molecule has 0 aliphatic carbocycles. The number of hydrogen-bond donors (Lipinski definition) is 1. The fourth-order valence-electron chi connectivity index (χ4n) is 1.16. The molecule has 9 heteroatoms. The van der Waals surface area contributed by atoms with Crippen LogP contribution in [-0.2, 0) is 0 Å². The van der Waals surface area contributed by atoms with Crippen LogP contribution in [0.5, 0.6) is 0 Å². The third-order valence-corrected chi connectivity index (χ3v) is 1.95. The first-order chi connectivity index (χ1) is 7.72. The SMILES string of the molecule is CC(C)N(CC(F)(F)F)C(=O)c1nonc1N. The fourth-order valence-corrected chi connectivity index (χ4v) is 1.16. The van der Waals surface area contributed by atoms with Gasteiger partial charge in [0.2, 0.25) is 11.5 Å². The second-order valence-corrected chi connectivity index (χ2v) is 3.64. The molecular formula is C8H11F3N4O2. The topological polar surface area (TPSA) is 85.2 Å². The van der Waals surface area contributed by atoms with Crippen LogP contribution in [0.1, 0.15) is 24.3 Å². The Labute approximate surface area is 94.5 Å². The van der Waals surface area contributed by atoms with Crippen molar-refractivity contribution in [2.75, 3.05) is 12.3 Å². The van der Waals surface area contributed by atoms with E-state index in [1.165, 1.54) is 13.8 Å². The summed E-state index contributed by atoms with van der Waals surface area (Å²) in [6.07, 6.45) is -4.49. The molecule has 0 bridgehead atoms. The molecule has 6 nitrogen and oxygen atoms in total. The fraction of sp³-hybridized carbons (Fsp3) is 0.625. The summed E-state index contributed by atoms with van der Waals surface area (Å²) in [6.45, 7) is 1.52. The second-order valence-electron chi connectivity index (χ2n) is 3.64. The first kappa shape index (κ1) is 13.3. The Balaban J connectivity index is 2.93. The van der Waals surface area contributed by atoms with Crippen LogP contribution < -0.4 is 5.73 Å². The standard InChI is InChI=1S/C8H11F3N4O2/c1-4(2)15(3-8(9,10)11)7(16)5-6(12)14-17-13-5/h4H,3H2,1-2H3,(H2,12,14). The van der Waals surface area contributed by atoms with E-state index < -0.39 is 30.4 Å². The Morgan fingerprint density at radius 3 is 2.41 bits per heavy atom. The van der Waals surface area contributed by atoms with E-state index in [9.17, 15) is 18.0 Å². The van der Waals surface area contributed by atoms with Crippen molar-refractivity contribution in [3.05, 3.63) is 5.69 Å². The van der Waals surface area contributed by atoms with Crippen LogP contribution in [0.15, 0.2) is 4.63 Å².